The molecule has 0 spiro atoms. The molecule has 4 nitrogen and oxygen atoms in total. The Morgan fingerprint density at radius 1 is 1.44 bits per heavy atom. The van der Waals surface area contributed by atoms with Crippen LogP contribution in [-0.4, -0.2) is 32.0 Å². The van der Waals surface area contributed by atoms with Gasteiger partial charge < -0.3 is 20.3 Å². The maximum atomic E-state index is 9.16. The molecule has 0 saturated carbocycles. The molecule has 1 aromatic rings. The fraction of sp³-hybridized carbons (Fsp3) is 0.538. The summed E-state index contributed by atoms with van der Waals surface area (Å²) in [6.45, 7) is 2.93. The Hall–Kier alpha value is -0.970. The van der Waals surface area contributed by atoms with Gasteiger partial charge in [0.15, 0.2) is 11.5 Å². The van der Waals surface area contributed by atoms with E-state index < -0.39 is 0 Å². The van der Waals surface area contributed by atoms with Crippen LogP contribution in [0.2, 0.25) is 5.02 Å². The van der Waals surface area contributed by atoms with E-state index in [0.29, 0.717) is 36.1 Å². The van der Waals surface area contributed by atoms with Gasteiger partial charge >= 0.3 is 0 Å². The summed E-state index contributed by atoms with van der Waals surface area (Å²) in [6, 6.07) is 3.70. The lowest BCUT2D eigenvalue weighted by molar-refractivity contribution is 0.229. The molecule has 0 heterocycles. The molecule has 0 aliphatic rings. The fourth-order valence-corrected chi connectivity index (χ4v) is 2.07. The second-order valence-corrected chi connectivity index (χ2v) is 4.44. The molecule has 0 saturated heterocycles. The zero-order valence-corrected chi connectivity index (χ0v) is 11.5. The Morgan fingerprint density at radius 3 is 2.67 bits per heavy atom. The number of benzene rings is 1. The number of hydrogen-bond acceptors (Lipinski definition) is 4. The molecular formula is C13H20ClNO3. The zero-order chi connectivity index (χ0) is 13.5. The summed E-state index contributed by atoms with van der Waals surface area (Å²) in [4.78, 5) is 0. The molecule has 1 rings (SSSR count). The Balaban J connectivity index is 3.00. The second kappa shape index (κ2) is 7.46. The molecule has 0 radical (unpaired) electrons. The maximum absolute atomic E-state index is 9.16. The predicted octanol–water partition coefficient (Wildman–Crippen LogP) is 1.86. The number of nitrogens with two attached hydrogens (primary N) is 1. The third-order valence-corrected chi connectivity index (χ3v) is 2.97. The lowest BCUT2D eigenvalue weighted by Crippen LogP contribution is -2.20. The van der Waals surface area contributed by atoms with Crippen molar-refractivity contribution in [1.29, 1.82) is 0 Å². The topological polar surface area (TPSA) is 64.7 Å². The van der Waals surface area contributed by atoms with Crippen LogP contribution in [0.25, 0.3) is 0 Å². The first kappa shape index (κ1) is 15.1. The minimum atomic E-state index is 0.0314. The zero-order valence-electron chi connectivity index (χ0n) is 10.8. The molecule has 18 heavy (non-hydrogen) atoms. The van der Waals surface area contributed by atoms with Crippen LogP contribution in [-0.2, 0) is 6.42 Å². The Morgan fingerprint density at radius 2 is 2.17 bits per heavy atom. The first-order valence-corrected chi connectivity index (χ1v) is 6.34. The molecule has 1 aromatic carbocycles. The highest BCUT2D eigenvalue weighted by atomic mass is 35.5. The van der Waals surface area contributed by atoms with Gasteiger partial charge in [0.05, 0.1) is 18.7 Å². The van der Waals surface area contributed by atoms with Gasteiger partial charge in [0.25, 0.3) is 0 Å². The average molecular weight is 274 g/mol. The maximum Gasteiger partial charge on any atom is 0.179 e. The summed E-state index contributed by atoms with van der Waals surface area (Å²) in [5, 5.41) is 9.67. The van der Waals surface area contributed by atoms with E-state index >= 15 is 0 Å². The van der Waals surface area contributed by atoms with Crippen LogP contribution in [0.15, 0.2) is 12.1 Å². The SMILES string of the molecule is CCOc1cc(CC(CN)CO)cc(Cl)c1OC. The van der Waals surface area contributed by atoms with Crippen molar-refractivity contribution in [3.8, 4) is 11.5 Å². The van der Waals surface area contributed by atoms with Crippen molar-refractivity contribution in [1.82, 2.24) is 0 Å². The predicted molar refractivity (Wildman–Crippen MR) is 72.5 cm³/mol. The first-order valence-electron chi connectivity index (χ1n) is 5.96. The van der Waals surface area contributed by atoms with E-state index in [-0.39, 0.29) is 12.5 Å². The van der Waals surface area contributed by atoms with E-state index in [4.69, 9.17) is 31.9 Å². The molecule has 0 aliphatic heterocycles. The average Bonchev–Trinajstić information content (AvgIpc) is 2.36. The molecule has 3 N–H and O–H groups in total. The van der Waals surface area contributed by atoms with Crippen molar-refractivity contribution in [3.05, 3.63) is 22.7 Å². The molecule has 0 aliphatic carbocycles. The van der Waals surface area contributed by atoms with Crippen LogP contribution in [0.1, 0.15) is 12.5 Å². The van der Waals surface area contributed by atoms with Crippen molar-refractivity contribution >= 4 is 11.6 Å². The van der Waals surface area contributed by atoms with Crippen molar-refractivity contribution in [2.24, 2.45) is 11.7 Å². The van der Waals surface area contributed by atoms with Crippen molar-refractivity contribution in [2.45, 2.75) is 13.3 Å². The summed E-state index contributed by atoms with van der Waals surface area (Å²) in [6.07, 6.45) is 0.663. The fourth-order valence-electron chi connectivity index (χ4n) is 1.76. The second-order valence-electron chi connectivity index (χ2n) is 4.03. The van der Waals surface area contributed by atoms with Gasteiger partial charge in [-0.25, -0.2) is 0 Å². The van der Waals surface area contributed by atoms with Crippen LogP contribution in [0.5, 0.6) is 11.5 Å². The first-order chi connectivity index (χ1) is 8.65. The van der Waals surface area contributed by atoms with E-state index in [1.54, 1.807) is 7.11 Å². The van der Waals surface area contributed by atoms with E-state index in [2.05, 4.69) is 0 Å². The van der Waals surface area contributed by atoms with Crippen LogP contribution in [0.4, 0.5) is 0 Å². The molecule has 1 unspecified atom stereocenters. The van der Waals surface area contributed by atoms with Gasteiger partial charge in [-0.15, -0.1) is 0 Å². The normalized spacial score (nSPS) is 12.3. The number of ether oxygens (including phenoxy) is 2. The Kier molecular flexibility index (Phi) is 6.25. The smallest absolute Gasteiger partial charge is 0.179 e. The van der Waals surface area contributed by atoms with E-state index in [1.165, 1.54) is 0 Å². The van der Waals surface area contributed by atoms with E-state index in [9.17, 15) is 0 Å². The number of halogens is 1. The Bertz CT molecular complexity index is 381. The van der Waals surface area contributed by atoms with E-state index in [0.717, 1.165) is 5.56 Å². The van der Waals surface area contributed by atoms with Gasteiger partial charge in [0.2, 0.25) is 0 Å². The minimum absolute atomic E-state index is 0.0314. The van der Waals surface area contributed by atoms with Crippen molar-refractivity contribution in [3.63, 3.8) is 0 Å². The number of aliphatic hydroxyl groups excluding tert-OH is 1. The van der Waals surface area contributed by atoms with Crippen molar-refractivity contribution < 1.29 is 14.6 Å². The summed E-state index contributed by atoms with van der Waals surface area (Å²) < 4.78 is 10.7. The molecule has 1 atom stereocenters. The standard InChI is InChI=1S/C13H20ClNO3/c1-3-18-12-6-9(4-10(7-15)8-16)5-11(14)13(12)17-2/h5-6,10,16H,3-4,7-8,15H2,1-2H3. The Labute approximate surface area is 113 Å². The van der Waals surface area contributed by atoms with Crippen molar-refractivity contribution in [2.75, 3.05) is 26.9 Å². The monoisotopic (exact) mass is 273 g/mol. The van der Waals surface area contributed by atoms with E-state index in [1.807, 2.05) is 19.1 Å². The van der Waals surface area contributed by atoms with Gasteiger partial charge in [-0.05, 0) is 43.5 Å². The quantitative estimate of drug-likeness (QED) is 0.796. The number of aliphatic hydroxyl groups is 1. The summed E-state index contributed by atoms with van der Waals surface area (Å²) in [5.41, 5.74) is 6.55. The summed E-state index contributed by atoms with van der Waals surface area (Å²) in [7, 11) is 1.56. The van der Waals surface area contributed by atoms with Gasteiger partial charge in [-0.3, -0.25) is 0 Å². The highest BCUT2D eigenvalue weighted by molar-refractivity contribution is 6.32. The number of rotatable bonds is 7. The molecule has 0 bridgehead atoms. The molecule has 0 amide bonds. The van der Waals surface area contributed by atoms with Gasteiger partial charge in [-0.2, -0.15) is 0 Å². The third-order valence-electron chi connectivity index (χ3n) is 2.69. The molecular weight excluding hydrogens is 254 g/mol. The summed E-state index contributed by atoms with van der Waals surface area (Å²) in [5.74, 6) is 1.19. The van der Waals surface area contributed by atoms with Gasteiger partial charge in [0.1, 0.15) is 0 Å². The highest BCUT2D eigenvalue weighted by Gasteiger charge is 2.14. The van der Waals surface area contributed by atoms with Crippen LogP contribution >= 0.6 is 11.6 Å². The molecule has 5 heteroatoms. The van der Waals surface area contributed by atoms with Crippen LogP contribution in [0.3, 0.4) is 0 Å². The van der Waals surface area contributed by atoms with Gasteiger partial charge in [-0.1, -0.05) is 11.6 Å². The van der Waals surface area contributed by atoms with Gasteiger partial charge in [0, 0.05) is 6.61 Å². The molecule has 0 fully saturated rings. The number of methoxy groups -OCH3 is 1. The highest BCUT2D eigenvalue weighted by Crippen LogP contribution is 2.36. The largest absolute Gasteiger partial charge is 0.491 e. The molecule has 102 valence electrons. The lowest BCUT2D eigenvalue weighted by Gasteiger charge is -2.15. The summed E-state index contributed by atoms with van der Waals surface area (Å²) >= 11 is 6.14. The van der Waals surface area contributed by atoms with Crippen LogP contribution < -0.4 is 15.2 Å². The minimum Gasteiger partial charge on any atom is -0.491 e. The third kappa shape index (κ3) is 3.77. The lowest BCUT2D eigenvalue weighted by atomic mass is 10.00. The van der Waals surface area contributed by atoms with Crippen LogP contribution in [0, 0.1) is 5.92 Å². The molecule has 0 aromatic heterocycles. The number of hydrogen-bond donors (Lipinski definition) is 2.